The van der Waals surface area contributed by atoms with Crippen LogP contribution in [0.3, 0.4) is 0 Å². The molecule has 0 amide bonds. The van der Waals surface area contributed by atoms with Crippen molar-refractivity contribution in [1.29, 1.82) is 0 Å². The minimum Gasteiger partial charge on any atom is -0.388 e. The van der Waals surface area contributed by atoms with Crippen molar-refractivity contribution < 1.29 is 19.7 Å². The minimum absolute atomic E-state index is 0.278. The van der Waals surface area contributed by atoms with Crippen LogP contribution in [-0.2, 0) is 9.47 Å². The van der Waals surface area contributed by atoms with Crippen LogP contribution in [0.4, 0.5) is 0 Å². The van der Waals surface area contributed by atoms with Gasteiger partial charge < -0.3 is 25.4 Å². The van der Waals surface area contributed by atoms with Crippen molar-refractivity contribution in [3.05, 3.63) is 12.2 Å². The SMILES string of the molecule is CCCCCCCCCCCCCC=C[C@@H](O)[C@@H](N)CCOC1(C)CCC(C)(O)CO1. The summed E-state index contributed by atoms with van der Waals surface area (Å²) >= 11 is 0. The van der Waals surface area contributed by atoms with E-state index in [1.165, 1.54) is 70.6 Å². The lowest BCUT2D eigenvalue weighted by Crippen LogP contribution is -2.47. The van der Waals surface area contributed by atoms with E-state index in [0.29, 0.717) is 25.9 Å². The molecule has 1 fully saturated rings. The van der Waals surface area contributed by atoms with Gasteiger partial charge in [0, 0.05) is 12.5 Å². The van der Waals surface area contributed by atoms with Gasteiger partial charge in [0.15, 0.2) is 5.79 Å². The molecule has 0 radical (unpaired) electrons. The van der Waals surface area contributed by atoms with Crippen molar-refractivity contribution in [3.8, 4) is 0 Å². The molecule has 0 saturated carbocycles. The zero-order valence-electron chi connectivity index (χ0n) is 20.6. The van der Waals surface area contributed by atoms with Crippen LogP contribution in [0.25, 0.3) is 0 Å². The zero-order valence-corrected chi connectivity index (χ0v) is 20.6. The van der Waals surface area contributed by atoms with Gasteiger partial charge in [-0.2, -0.15) is 0 Å². The first kappa shape index (κ1) is 28.6. The summed E-state index contributed by atoms with van der Waals surface area (Å²) in [6.07, 6.45) is 20.9. The number of hydrogen-bond donors (Lipinski definition) is 3. The number of nitrogens with two attached hydrogens (primary N) is 1. The molecule has 1 aliphatic rings. The Labute approximate surface area is 191 Å². The molecule has 5 nitrogen and oxygen atoms in total. The van der Waals surface area contributed by atoms with Crippen LogP contribution in [0.2, 0.25) is 0 Å². The van der Waals surface area contributed by atoms with E-state index in [9.17, 15) is 10.2 Å². The van der Waals surface area contributed by atoms with Gasteiger partial charge in [-0.1, -0.05) is 83.3 Å². The largest absolute Gasteiger partial charge is 0.388 e. The number of rotatable bonds is 18. The smallest absolute Gasteiger partial charge is 0.165 e. The second kappa shape index (κ2) is 16.2. The van der Waals surface area contributed by atoms with Crippen LogP contribution in [0.15, 0.2) is 12.2 Å². The van der Waals surface area contributed by atoms with Crippen LogP contribution in [0, 0.1) is 0 Å². The zero-order chi connectivity index (χ0) is 23.0. The fourth-order valence-electron chi connectivity index (χ4n) is 3.95. The number of unbranched alkanes of at least 4 members (excludes halogenated alkanes) is 11. The maximum absolute atomic E-state index is 10.2. The summed E-state index contributed by atoms with van der Waals surface area (Å²) in [7, 11) is 0. The molecule has 1 rings (SSSR count). The minimum atomic E-state index is -0.770. The lowest BCUT2D eigenvalue weighted by Gasteiger charge is -2.40. The van der Waals surface area contributed by atoms with Gasteiger partial charge in [0.05, 0.1) is 24.9 Å². The highest BCUT2D eigenvalue weighted by atomic mass is 16.7. The molecule has 0 aliphatic carbocycles. The summed E-state index contributed by atoms with van der Waals surface area (Å²) in [4.78, 5) is 0. The number of allylic oxidation sites excluding steroid dienone is 1. The number of aliphatic hydroxyl groups excluding tert-OH is 1. The van der Waals surface area contributed by atoms with E-state index < -0.39 is 17.5 Å². The number of ether oxygens (including phenoxy) is 2. The highest BCUT2D eigenvalue weighted by molar-refractivity contribution is 4.94. The van der Waals surface area contributed by atoms with Crippen LogP contribution < -0.4 is 5.73 Å². The monoisotopic (exact) mass is 441 g/mol. The third-order valence-electron chi connectivity index (χ3n) is 6.41. The summed E-state index contributed by atoms with van der Waals surface area (Å²) in [5.74, 6) is -0.669. The lowest BCUT2D eigenvalue weighted by atomic mass is 9.94. The summed E-state index contributed by atoms with van der Waals surface area (Å²) in [6.45, 7) is 6.66. The Bertz CT molecular complexity index is 456. The normalized spacial score (nSPS) is 26.4. The van der Waals surface area contributed by atoms with Crippen molar-refractivity contribution in [2.45, 2.75) is 141 Å². The molecule has 4 atom stereocenters. The molecule has 0 aromatic carbocycles. The molecule has 0 bridgehead atoms. The highest BCUT2D eigenvalue weighted by Gasteiger charge is 2.37. The van der Waals surface area contributed by atoms with Gasteiger partial charge in [-0.3, -0.25) is 0 Å². The van der Waals surface area contributed by atoms with E-state index in [2.05, 4.69) is 13.0 Å². The standard InChI is InChI=1S/C26H51NO4/c1-4-5-6-7-8-9-10-11-12-13-14-15-16-17-24(28)23(27)18-21-30-26(3)20-19-25(2,29)22-31-26/h16-17,23-24,28-29H,4-15,18-22,27H2,1-3H3/t23-,24+,25?,26?/m0/s1. The van der Waals surface area contributed by atoms with E-state index in [1.807, 2.05) is 13.0 Å². The molecular formula is C26H51NO4. The molecule has 4 N–H and O–H groups in total. The molecule has 184 valence electrons. The molecule has 0 aromatic rings. The first-order valence-corrected chi connectivity index (χ1v) is 12.9. The highest BCUT2D eigenvalue weighted by Crippen LogP contribution is 2.31. The van der Waals surface area contributed by atoms with Crippen LogP contribution in [0.1, 0.15) is 117 Å². The molecule has 31 heavy (non-hydrogen) atoms. The molecular weight excluding hydrogens is 390 g/mol. The average molecular weight is 442 g/mol. The Balaban J connectivity index is 1.99. The van der Waals surface area contributed by atoms with Crippen molar-refractivity contribution in [1.82, 2.24) is 0 Å². The van der Waals surface area contributed by atoms with Gasteiger partial charge in [-0.05, 0) is 39.5 Å². The van der Waals surface area contributed by atoms with E-state index in [4.69, 9.17) is 15.2 Å². The van der Waals surface area contributed by atoms with E-state index in [-0.39, 0.29) is 12.6 Å². The van der Waals surface area contributed by atoms with E-state index in [0.717, 1.165) is 6.42 Å². The number of aliphatic hydroxyl groups is 2. The Morgan fingerprint density at radius 2 is 1.55 bits per heavy atom. The maximum Gasteiger partial charge on any atom is 0.165 e. The quantitative estimate of drug-likeness (QED) is 0.190. The predicted molar refractivity (Wildman–Crippen MR) is 129 cm³/mol. The Morgan fingerprint density at radius 3 is 2.10 bits per heavy atom. The summed E-state index contributed by atoms with van der Waals surface area (Å²) in [6, 6.07) is -0.344. The van der Waals surface area contributed by atoms with Gasteiger partial charge in [0.25, 0.3) is 0 Å². The molecule has 0 spiro atoms. The maximum atomic E-state index is 10.2. The van der Waals surface area contributed by atoms with Gasteiger partial charge in [0.1, 0.15) is 0 Å². The fourth-order valence-corrected chi connectivity index (χ4v) is 3.95. The third-order valence-corrected chi connectivity index (χ3v) is 6.41. The van der Waals surface area contributed by atoms with Crippen LogP contribution in [0.5, 0.6) is 0 Å². The van der Waals surface area contributed by atoms with Crippen LogP contribution in [-0.4, -0.2) is 47.0 Å². The first-order chi connectivity index (χ1) is 14.8. The second-order valence-corrected chi connectivity index (χ2v) is 9.96. The van der Waals surface area contributed by atoms with Crippen molar-refractivity contribution in [3.63, 3.8) is 0 Å². The number of hydrogen-bond acceptors (Lipinski definition) is 5. The summed E-state index contributed by atoms with van der Waals surface area (Å²) in [5, 5.41) is 20.2. The van der Waals surface area contributed by atoms with Crippen LogP contribution >= 0.6 is 0 Å². The average Bonchev–Trinajstić information content (AvgIpc) is 2.73. The van der Waals surface area contributed by atoms with Gasteiger partial charge in [0.2, 0.25) is 0 Å². The van der Waals surface area contributed by atoms with Gasteiger partial charge in [-0.25, -0.2) is 0 Å². The third kappa shape index (κ3) is 14.3. The van der Waals surface area contributed by atoms with Crippen molar-refractivity contribution in [2.24, 2.45) is 5.73 Å². The Hall–Kier alpha value is -0.460. The summed E-state index contributed by atoms with van der Waals surface area (Å²) < 4.78 is 11.5. The van der Waals surface area contributed by atoms with Crippen molar-refractivity contribution in [2.75, 3.05) is 13.2 Å². The Morgan fingerprint density at radius 1 is 0.968 bits per heavy atom. The predicted octanol–water partition coefficient (Wildman–Crippen LogP) is 5.62. The molecule has 1 saturated heterocycles. The molecule has 1 aliphatic heterocycles. The molecule has 5 heteroatoms. The second-order valence-electron chi connectivity index (χ2n) is 9.96. The van der Waals surface area contributed by atoms with E-state index >= 15 is 0 Å². The molecule has 2 unspecified atom stereocenters. The molecule has 0 aromatic heterocycles. The first-order valence-electron chi connectivity index (χ1n) is 12.9. The van der Waals surface area contributed by atoms with Gasteiger partial charge in [-0.15, -0.1) is 0 Å². The fraction of sp³-hybridized carbons (Fsp3) is 0.923. The van der Waals surface area contributed by atoms with Crippen molar-refractivity contribution >= 4 is 0 Å². The van der Waals surface area contributed by atoms with E-state index in [1.54, 1.807) is 6.92 Å². The van der Waals surface area contributed by atoms with Gasteiger partial charge >= 0.3 is 0 Å². The lowest BCUT2D eigenvalue weighted by molar-refractivity contribution is -0.277. The topological polar surface area (TPSA) is 84.9 Å². The summed E-state index contributed by atoms with van der Waals surface area (Å²) in [5.41, 5.74) is 5.33. The molecule has 1 heterocycles. The Kier molecular flexibility index (Phi) is 14.9.